The molecular formula is C24H20FNO4S. The molecule has 1 N–H and O–H groups in total. The zero-order chi connectivity index (χ0) is 21.5. The van der Waals surface area contributed by atoms with Gasteiger partial charge in [-0.15, -0.1) is 11.3 Å². The van der Waals surface area contributed by atoms with Crippen LogP contribution in [-0.4, -0.2) is 30.4 Å². The first kappa shape index (κ1) is 19.8. The predicted molar refractivity (Wildman–Crippen MR) is 115 cm³/mol. The number of para-hydroxylation sites is 1. The highest BCUT2D eigenvalue weighted by Crippen LogP contribution is 2.42. The van der Waals surface area contributed by atoms with E-state index >= 15 is 0 Å². The first-order chi connectivity index (χ1) is 15.0. The average Bonchev–Trinajstić information content (AvgIpc) is 3.48. The minimum absolute atomic E-state index is 0.0258. The average molecular weight is 437 g/mol. The molecule has 31 heavy (non-hydrogen) atoms. The number of nitrogens with one attached hydrogen (secondary N) is 1. The van der Waals surface area contributed by atoms with Crippen LogP contribution in [0.3, 0.4) is 0 Å². The van der Waals surface area contributed by atoms with Gasteiger partial charge in [-0.25, -0.2) is 4.39 Å². The van der Waals surface area contributed by atoms with Gasteiger partial charge in [-0.3, -0.25) is 9.59 Å². The standard InChI is InChI=1S/C24H20FNO4S/c1-13(27)21-6-7-22(31-21)18-11-16(25)8-15-9-17(29-23(15)18)12-26-24(28)20-10-14-4-2-3-5-19(14)30-20/h2-8,11,17,20H,9-10,12H2,1H3,(H,26,28)/t17-,20-/m1/s1. The normalized spacial score (nSPS) is 18.6. The molecule has 2 aliphatic rings. The highest BCUT2D eigenvalue weighted by molar-refractivity contribution is 7.17. The SMILES string of the molecule is CC(=O)c1ccc(-c2cc(F)cc3c2O[C@@H](CNC(=O)[C@H]2Cc4ccccc4O2)C3)s1. The molecule has 7 heteroatoms. The Morgan fingerprint density at radius 3 is 2.71 bits per heavy atom. The van der Waals surface area contributed by atoms with Crippen molar-refractivity contribution in [3.05, 3.63) is 70.4 Å². The first-order valence-corrected chi connectivity index (χ1v) is 10.9. The molecule has 1 aromatic heterocycles. The summed E-state index contributed by atoms with van der Waals surface area (Å²) in [4.78, 5) is 25.6. The van der Waals surface area contributed by atoms with Crippen LogP contribution in [0.1, 0.15) is 27.7 Å². The fraction of sp³-hybridized carbons (Fsp3) is 0.250. The number of hydrogen-bond acceptors (Lipinski definition) is 5. The highest BCUT2D eigenvalue weighted by atomic mass is 32.1. The van der Waals surface area contributed by atoms with Gasteiger partial charge in [0.15, 0.2) is 11.9 Å². The maximum Gasteiger partial charge on any atom is 0.261 e. The van der Waals surface area contributed by atoms with Crippen molar-refractivity contribution in [2.45, 2.75) is 32.0 Å². The van der Waals surface area contributed by atoms with Gasteiger partial charge in [-0.2, -0.15) is 0 Å². The third-order valence-electron chi connectivity index (χ3n) is 5.52. The molecule has 0 bridgehead atoms. The summed E-state index contributed by atoms with van der Waals surface area (Å²) in [7, 11) is 0. The Morgan fingerprint density at radius 2 is 1.94 bits per heavy atom. The Morgan fingerprint density at radius 1 is 1.10 bits per heavy atom. The summed E-state index contributed by atoms with van der Waals surface area (Å²) >= 11 is 1.32. The second kappa shape index (κ2) is 7.81. The minimum atomic E-state index is -0.551. The zero-order valence-electron chi connectivity index (χ0n) is 16.8. The Bertz CT molecular complexity index is 1160. The van der Waals surface area contributed by atoms with Crippen molar-refractivity contribution in [1.82, 2.24) is 5.32 Å². The van der Waals surface area contributed by atoms with Gasteiger partial charge in [0.05, 0.1) is 11.4 Å². The van der Waals surface area contributed by atoms with Crippen LogP contribution < -0.4 is 14.8 Å². The van der Waals surface area contributed by atoms with Gasteiger partial charge >= 0.3 is 0 Å². The van der Waals surface area contributed by atoms with Crippen LogP contribution in [-0.2, 0) is 17.6 Å². The molecule has 2 atom stereocenters. The van der Waals surface area contributed by atoms with Crippen LogP contribution in [0.4, 0.5) is 4.39 Å². The van der Waals surface area contributed by atoms with Gasteiger partial charge in [-0.1, -0.05) is 18.2 Å². The third-order valence-corrected chi connectivity index (χ3v) is 6.74. The number of benzene rings is 2. The number of carbonyl (C=O) groups is 2. The molecule has 0 saturated carbocycles. The van der Waals surface area contributed by atoms with Crippen molar-refractivity contribution in [2.24, 2.45) is 0 Å². The summed E-state index contributed by atoms with van der Waals surface area (Å²) in [6.45, 7) is 1.81. The van der Waals surface area contributed by atoms with Crippen LogP contribution in [0.25, 0.3) is 10.4 Å². The second-order valence-electron chi connectivity index (χ2n) is 7.77. The van der Waals surface area contributed by atoms with Gasteiger partial charge < -0.3 is 14.8 Å². The summed E-state index contributed by atoms with van der Waals surface area (Å²) in [5, 5.41) is 2.90. The Kier molecular flexibility index (Phi) is 4.98. The summed E-state index contributed by atoms with van der Waals surface area (Å²) in [5.41, 5.74) is 2.42. The molecule has 5 rings (SSSR count). The summed E-state index contributed by atoms with van der Waals surface area (Å²) in [6, 6.07) is 14.1. The van der Waals surface area contributed by atoms with Crippen molar-refractivity contribution >= 4 is 23.0 Å². The topological polar surface area (TPSA) is 64.6 Å². The maximum absolute atomic E-state index is 14.2. The monoisotopic (exact) mass is 437 g/mol. The van der Waals surface area contributed by atoms with E-state index in [9.17, 15) is 14.0 Å². The largest absolute Gasteiger partial charge is 0.487 e. The van der Waals surface area contributed by atoms with E-state index in [4.69, 9.17) is 9.47 Å². The van der Waals surface area contributed by atoms with Crippen LogP contribution in [0, 0.1) is 5.82 Å². The zero-order valence-corrected chi connectivity index (χ0v) is 17.6. The molecule has 2 aliphatic heterocycles. The number of fused-ring (bicyclic) bond motifs is 2. The molecule has 158 valence electrons. The van der Waals surface area contributed by atoms with Crippen molar-refractivity contribution in [3.8, 4) is 21.9 Å². The molecule has 0 aliphatic carbocycles. The van der Waals surface area contributed by atoms with Gasteiger partial charge in [0, 0.05) is 28.8 Å². The lowest BCUT2D eigenvalue weighted by Gasteiger charge is -2.15. The minimum Gasteiger partial charge on any atom is -0.487 e. The molecule has 0 fully saturated rings. The summed E-state index contributed by atoms with van der Waals surface area (Å²) < 4.78 is 26.1. The van der Waals surface area contributed by atoms with E-state index in [-0.39, 0.29) is 23.6 Å². The number of Topliss-reactive ketones (excluding diaryl/α,β-unsaturated/α-hetero) is 1. The van der Waals surface area contributed by atoms with Gasteiger partial charge in [0.1, 0.15) is 23.4 Å². The number of thiophene rings is 1. The molecular weight excluding hydrogens is 417 g/mol. The van der Waals surface area contributed by atoms with E-state index in [2.05, 4.69) is 5.32 Å². The van der Waals surface area contributed by atoms with Crippen molar-refractivity contribution < 1.29 is 23.5 Å². The van der Waals surface area contributed by atoms with E-state index in [1.807, 2.05) is 30.3 Å². The second-order valence-corrected chi connectivity index (χ2v) is 8.85. The molecule has 0 radical (unpaired) electrons. The Labute approximate surface area is 182 Å². The smallest absolute Gasteiger partial charge is 0.261 e. The molecule has 0 saturated heterocycles. The molecule has 0 unspecified atom stereocenters. The summed E-state index contributed by atoms with van der Waals surface area (Å²) in [6.07, 6.45) is 0.192. The number of amides is 1. The van der Waals surface area contributed by atoms with E-state index in [1.54, 1.807) is 6.07 Å². The van der Waals surface area contributed by atoms with Crippen molar-refractivity contribution in [2.75, 3.05) is 6.54 Å². The maximum atomic E-state index is 14.2. The molecule has 3 heterocycles. The van der Waals surface area contributed by atoms with Crippen molar-refractivity contribution in [1.29, 1.82) is 0 Å². The number of ketones is 1. The number of halogens is 1. The van der Waals surface area contributed by atoms with Gasteiger partial charge in [0.2, 0.25) is 0 Å². The van der Waals surface area contributed by atoms with Crippen LogP contribution in [0.2, 0.25) is 0 Å². The fourth-order valence-electron chi connectivity index (χ4n) is 4.02. The van der Waals surface area contributed by atoms with Crippen LogP contribution >= 0.6 is 11.3 Å². The number of carbonyl (C=O) groups excluding carboxylic acids is 2. The third kappa shape index (κ3) is 3.81. The number of ether oxygens (including phenoxy) is 2. The quantitative estimate of drug-likeness (QED) is 0.609. The predicted octanol–water partition coefficient (Wildman–Crippen LogP) is 4.18. The lowest BCUT2D eigenvalue weighted by atomic mass is 10.0. The lowest BCUT2D eigenvalue weighted by molar-refractivity contribution is -0.127. The van der Waals surface area contributed by atoms with Gasteiger partial charge in [0.25, 0.3) is 5.91 Å². The molecule has 5 nitrogen and oxygen atoms in total. The Hall–Kier alpha value is -3.19. The summed E-state index contributed by atoms with van der Waals surface area (Å²) in [5.74, 6) is 0.792. The highest BCUT2D eigenvalue weighted by Gasteiger charge is 2.31. The fourth-order valence-corrected chi connectivity index (χ4v) is 4.93. The Balaban J connectivity index is 1.26. The van der Waals surface area contributed by atoms with E-state index < -0.39 is 6.10 Å². The van der Waals surface area contributed by atoms with Crippen LogP contribution in [0.5, 0.6) is 11.5 Å². The van der Waals surface area contributed by atoms with Crippen molar-refractivity contribution in [3.63, 3.8) is 0 Å². The van der Waals surface area contributed by atoms with E-state index in [1.165, 1.54) is 30.4 Å². The van der Waals surface area contributed by atoms with E-state index in [0.717, 1.165) is 21.8 Å². The van der Waals surface area contributed by atoms with Crippen LogP contribution in [0.15, 0.2) is 48.5 Å². The van der Waals surface area contributed by atoms with Gasteiger partial charge in [-0.05, 0) is 42.8 Å². The molecule has 3 aromatic rings. The number of rotatable bonds is 5. The molecule has 0 spiro atoms. The van der Waals surface area contributed by atoms with E-state index in [0.29, 0.717) is 35.6 Å². The molecule has 2 aromatic carbocycles. The first-order valence-electron chi connectivity index (χ1n) is 10.1. The lowest BCUT2D eigenvalue weighted by Crippen LogP contribution is -2.42. The number of hydrogen-bond donors (Lipinski definition) is 1. The molecule has 1 amide bonds.